The summed E-state index contributed by atoms with van der Waals surface area (Å²) in [6.45, 7) is 4.30. The van der Waals surface area contributed by atoms with Gasteiger partial charge in [-0.05, 0) is 74.8 Å². The van der Waals surface area contributed by atoms with E-state index in [0.29, 0.717) is 17.9 Å². The van der Waals surface area contributed by atoms with E-state index in [1.54, 1.807) is 6.20 Å². The molecule has 2 aliphatic rings. The van der Waals surface area contributed by atoms with E-state index >= 15 is 0 Å². The Morgan fingerprint density at radius 2 is 1.80 bits per heavy atom. The molecule has 0 radical (unpaired) electrons. The number of hydrogen-bond donors (Lipinski definition) is 2. The van der Waals surface area contributed by atoms with E-state index in [9.17, 15) is 0 Å². The fourth-order valence-electron chi connectivity index (χ4n) is 5.31. The number of benzene rings is 1. The van der Waals surface area contributed by atoms with Crippen LogP contribution >= 0.6 is 11.3 Å². The number of ether oxygens (including phenoxy) is 1. The third-order valence-electron chi connectivity index (χ3n) is 7.54. The van der Waals surface area contributed by atoms with Gasteiger partial charge in [0, 0.05) is 31.7 Å². The molecule has 3 aromatic heterocycles. The smallest absolute Gasteiger partial charge is 0.216 e. The minimum atomic E-state index is 0.431. The molecule has 1 aliphatic carbocycles. The summed E-state index contributed by atoms with van der Waals surface area (Å²) >= 11 is 1.48. The summed E-state index contributed by atoms with van der Waals surface area (Å²) < 4.78 is 5.55. The maximum Gasteiger partial charge on any atom is 0.216 e. The lowest BCUT2D eigenvalue weighted by Gasteiger charge is -2.33. The normalized spacial score (nSPS) is 20.1. The lowest BCUT2D eigenvalue weighted by Crippen LogP contribution is -2.36. The van der Waals surface area contributed by atoms with Gasteiger partial charge in [-0.2, -0.15) is 0 Å². The molecule has 0 atom stereocenters. The summed E-state index contributed by atoms with van der Waals surface area (Å²) in [5.41, 5.74) is 2.08. The van der Waals surface area contributed by atoms with Crippen LogP contribution in [0.5, 0.6) is 0 Å². The maximum atomic E-state index is 5.55. The zero-order valence-corrected chi connectivity index (χ0v) is 23.8. The van der Waals surface area contributed by atoms with E-state index in [-0.39, 0.29) is 0 Å². The van der Waals surface area contributed by atoms with Crippen molar-refractivity contribution >= 4 is 28.1 Å². The zero-order valence-electron chi connectivity index (χ0n) is 23.0. The van der Waals surface area contributed by atoms with Gasteiger partial charge in [0.1, 0.15) is 11.6 Å². The number of nitrogens with zero attached hydrogens (tertiary/aromatic N) is 8. The van der Waals surface area contributed by atoms with Gasteiger partial charge in [0.15, 0.2) is 5.13 Å². The van der Waals surface area contributed by atoms with Gasteiger partial charge < -0.3 is 20.3 Å². The average molecular weight is 561 g/mol. The zero-order chi connectivity index (χ0) is 27.3. The molecular weight excluding hydrogens is 524 g/mol. The number of morpholine rings is 1. The van der Waals surface area contributed by atoms with Crippen LogP contribution in [0.3, 0.4) is 0 Å². The minimum absolute atomic E-state index is 0.431. The predicted octanol–water partition coefficient (Wildman–Crippen LogP) is 4.04. The van der Waals surface area contributed by atoms with Crippen molar-refractivity contribution in [1.82, 2.24) is 40.0 Å². The van der Waals surface area contributed by atoms with Gasteiger partial charge in [0.05, 0.1) is 30.0 Å². The number of pyridine rings is 1. The molecule has 4 aromatic rings. The first-order valence-electron chi connectivity index (χ1n) is 13.9. The number of thiazole rings is 1. The number of anilines is 3. The average Bonchev–Trinajstić information content (AvgIpc) is 3.65. The Morgan fingerprint density at radius 3 is 2.58 bits per heavy atom. The van der Waals surface area contributed by atoms with E-state index in [4.69, 9.17) is 9.72 Å². The van der Waals surface area contributed by atoms with Crippen LogP contribution in [0, 0.1) is 0 Å². The summed E-state index contributed by atoms with van der Waals surface area (Å²) in [5, 5.41) is 20.9. The minimum Gasteiger partial charge on any atom is -0.379 e. The van der Waals surface area contributed by atoms with Gasteiger partial charge in [0.2, 0.25) is 5.82 Å². The molecule has 1 aliphatic heterocycles. The maximum absolute atomic E-state index is 5.55. The summed E-state index contributed by atoms with van der Waals surface area (Å²) in [7, 11) is 4.36. The molecule has 6 rings (SSSR count). The van der Waals surface area contributed by atoms with Gasteiger partial charge in [-0.15, -0.1) is 15.0 Å². The van der Waals surface area contributed by atoms with Crippen molar-refractivity contribution < 1.29 is 4.74 Å². The monoisotopic (exact) mass is 560 g/mol. The topological polar surface area (TPSA) is 109 Å². The molecule has 1 saturated carbocycles. The molecule has 11 nitrogen and oxygen atoms in total. The van der Waals surface area contributed by atoms with Crippen LogP contribution in [0.25, 0.3) is 16.4 Å². The van der Waals surface area contributed by atoms with Crippen molar-refractivity contribution in [2.75, 3.05) is 51.0 Å². The van der Waals surface area contributed by atoms with Crippen LogP contribution in [0.15, 0.2) is 48.7 Å². The molecule has 2 fully saturated rings. The molecule has 0 unspecified atom stereocenters. The standard InChI is InChI=1S/C28H36N10OS/c1-36(2)22-10-8-21(9-11-22)30-25-16-20(19-37-12-14-39-15-13-37)17-26(31-25)32-28-29-18-24(40-28)27-33-35-38(34-27)23-6-4-3-5-7-23/h3-7,16-18,21-22H,8-15,19H2,1-2H3,(H2,29,30,31,32)/t21-,22-. The molecule has 0 amide bonds. The SMILES string of the molecule is CN(C)[C@H]1CC[C@H](Nc2cc(CN3CCOCC3)cc(Nc3ncc(-c4nnn(-c5ccccc5)n4)s3)n2)CC1. The third-order valence-corrected chi connectivity index (χ3v) is 8.44. The molecule has 4 heterocycles. The second-order valence-electron chi connectivity index (χ2n) is 10.6. The highest BCUT2D eigenvalue weighted by Crippen LogP contribution is 2.30. The highest BCUT2D eigenvalue weighted by atomic mass is 32.1. The molecule has 1 aromatic carbocycles. The van der Waals surface area contributed by atoms with Gasteiger partial charge in [-0.25, -0.2) is 9.97 Å². The summed E-state index contributed by atoms with van der Waals surface area (Å²) in [5.74, 6) is 2.22. The molecule has 2 N–H and O–H groups in total. The van der Waals surface area contributed by atoms with Crippen molar-refractivity contribution in [3.8, 4) is 16.4 Å². The quantitative estimate of drug-likeness (QED) is 0.311. The first kappa shape index (κ1) is 26.8. The van der Waals surface area contributed by atoms with Gasteiger partial charge in [-0.1, -0.05) is 29.5 Å². The Morgan fingerprint density at radius 1 is 1.02 bits per heavy atom. The summed E-state index contributed by atoms with van der Waals surface area (Å²) in [4.78, 5) is 16.7. The van der Waals surface area contributed by atoms with Crippen LogP contribution in [0.4, 0.5) is 16.8 Å². The Hall–Kier alpha value is -3.45. The second kappa shape index (κ2) is 12.4. The van der Waals surface area contributed by atoms with Gasteiger partial charge in [0.25, 0.3) is 0 Å². The fraction of sp³-hybridized carbons (Fsp3) is 0.464. The first-order valence-corrected chi connectivity index (χ1v) is 14.7. The number of para-hydroxylation sites is 1. The van der Waals surface area contributed by atoms with E-state index in [1.165, 1.54) is 34.5 Å². The molecule has 210 valence electrons. The second-order valence-corrected chi connectivity index (χ2v) is 11.7. The Kier molecular flexibility index (Phi) is 8.28. The van der Waals surface area contributed by atoms with Crippen LogP contribution in [0.2, 0.25) is 0 Å². The number of aromatic nitrogens is 6. The number of rotatable bonds is 9. The lowest BCUT2D eigenvalue weighted by atomic mass is 9.90. The van der Waals surface area contributed by atoms with Crippen molar-refractivity contribution in [2.24, 2.45) is 0 Å². The number of hydrogen-bond acceptors (Lipinski definition) is 11. The van der Waals surface area contributed by atoms with E-state index < -0.39 is 0 Å². The molecule has 0 spiro atoms. The molecule has 1 saturated heterocycles. The number of nitrogens with one attached hydrogen (secondary N) is 2. The van der Waals surface area contributed by atoms with E-state index in [0.717, 1.165) is 73.0 Å². The van der Waals surface area contributed by atoms with Crippen LogP contribution < -0.4 is 10.6 Å². The van der Waals surface area contributed by atoms with Gasteiger partial charge >= 0.3 is 0 Å². The van der Waals surface area contributed by atoms with E-state index in [1.807, 2.05) is 30.3 Å². The molecule has 12 heteroatoms. The largest absolute Gasteiger partial charge is 0.379 e. The van der Waals surface area contributed by atoms with Crippen molar-refractivity contribution in [3.05, 3.63) is 54.2 Å². The highest BCUT2D eigenvalue weighted by Gasteiger charge is 2.23. The Balaban J connectivity index is 1.18. The molecule has 40 heavy (non-hydrogen) atoms. The van der Waals surface area contributed by atoms with Crippen LogP contribution in [0.1, 0.15) is 31.2 Å². The molecule has 0 bridgehead atoms. The summed E-state index contributed by atoms with van der Waals surface area (Å²) in [6.07, 6.45) is 6.47. The van der Waals surface area contributed by atoms with Crippen molar-refractivity contribution in [3.63, 3.8) is 0 Å². The Bertz CT molecular complexity index is 1380. The fourth-order valence-corrected chi connectivity index (χ4v) is 6.06. The van der Waals surface area contributed by atoms with Gasteiger partial charge in [-0.3, -0.25) is 4.90 Å². The lowest BCUT2D eigenvalue weighted by molar-refractivity contribution is 0.0342. The summed E-state index contributed by atoms with van der Waals surface area (Å²) in [6, 6.07) is 15.2. The predicted molar refractivity (Wildman–Crippen MR) is 157 cm³/mol. The van der Waals surface area contributed by atoms with Crippen molar-refractivity contribution in [1.29, 1.82) is 0 Å². The Labute approximate surface area is 238 Å². The number of tetrazole rings is 1. The first-order chi connectivity index (χ1) is 19.6. The highest BCUT2D eigenvalue weighted by molar-refractivity contribution is 7.18. The van der Waals surface area contributed by atoms with E-state index in [2.05, 4.69) is 67.1 Å². The third kappa shape index (κ3) is 6.64. The van der Waals surface area contributed by atoms with Crippen molar-refractivity contribution in [2.45, 2.75) is 44.3 Å². The van der Waals surface area contributed by atoms with Crippen LogP contribution in [-0.4, -0.2) is 92.5 Å². The van der Waals surface area contributed by atoms with Crippen LogP contribution in [-0.2, 0) is 11.3 Å². The molecular formula is C28H36N10OS.